The number of thiol groups is 1. The Bertz CT molecular complexity index is 1400. The first-order valence-corrected chi connectivity index (χ1v) is 14.9. The zero-order valence-corrected chi connectivity index (χ0v) is 26.3. The standard InChI is InChI=1S/C33H42FN3O4S/c1-8-26(42)20-13-14-22(24(15-20)33(5,6)7)19(4)35-30(39)29-27(34)25(38)17-37(29)32(41)28(18(2)3)36-16-21-11-9-10-12-23(21)31(36)40/h8-15,18-19,25,27-29,38,42H,16-17H2,1-7H3,(H,35,39)/b26-8+/t19-,25-,27-,28-,29-/m0/s1. The first kappa shape index (κ1) is 31.8. The monoisotopic (exact) mass is 595 g/mol. The summed E-state index contributed by atoms with van der Waals surface area (Å²) in [7, 11) is 0. The van der Waals surface area contributed by atoms with Crippen molar-refractivity contribution in [1.29, 1.82) is 0 Å². The highest BCUT2D eigenvalue weighted by Gasteiger charge is 2.51. The van der Waals surface area contributed by atoms with Crippen molar-refractivity contribution < 1.29 is 23.9 Å². The molecule has 0 saturated carbocycles. The van der Waals surface area contributed by atoms with Crippen LogP contribution in [0.2, 0.25) is 0 Å². The zero-order chi connectivity index (χ0) is 31.1. The van der Waals surface area contributed by atoms with Crippen LogP contribution in [0.15, 0.2) is 48.5 Å². The van der Waals surface area contributed by atoms with Crippen molar-refractivity contribution in [1.82, 2.24) is 15.1 Å². The van der Waals surface area contributed by atoms with Crippen LogP contribution < -0.4 is 5.32 Å². The third kappa shape index (κ3) is 5.99. The van der Waals surface area contributed by atoms with Crippen LogP contribution in [-0.4, -0.2) is 63.5 Å². The Morgan fingerprint density at radius 3 is 2.40 bits per heavy atom. The van der Waals surface area contributed by atoms with E-state index in [0.717, 1.165) is 32.1 Å². The first-order valence-electron chi connectivity index (χ1n) is 14.5. The Balaban J connectivity index is 1.61. The van der Waals surface area contributed by atoms with E-state index in [0.29, 0.717) is 5.56 Å². The fraction of sp³-hybridized carbons (Fsp3) is 0.485. The van der Waals surface area contributed by atoms with Gasteiger partial charge < -0.3 is 20.2 Å². The van der Waals surface area contributed by atoms with Crippen LogP contribution in [0.25, 0.3) is 4.91 Å². The fourth-order valence-electron chi connectivity index (χ4n) is 6.05. The molecule has 2 aliphatic heterocycles. The number of nitrogens with zero attached hydrogens (tertiary/aromatic N) is 2. The molecule has 42 heavy (non-hydrogen) atoms. The van der Waals surface area contributed by atoms with Crippen LogP contribution in [0.3, 0.4) is 0 Å². The van der Waals surface area contributed by atoms with Crippen molar-refractivity contribution in [3.05, 3.63) is 76.4 Å². The number of fused-ring (bicyclic) bond motifs is 1. The summed E-state index contributed by atoms with van der Waals surface area (Å²) in [6.45, 7) is 13.5. The molecule has 2 aromatic rings. The quantitative estimate of drug-likeness (QED) is 0.391. The number of amides is 3. The molecular weight excluding hydrogens is 553 g/mol. The zero-order valence-electron chi connectivity index (χ0n) is 25.4. The molecule has 2 aromatic carbocycles. The lowest BCUT2D eigenvalue weighted by Crippen LogP contribution is -2.56. The van der Waals surface area contributed by atoms with Gasteiger partial charge >= 0.3 is 0 Å². The summed E-state index contributed by atoms with van der Waals surface area (Å²) in [4.78, 5) is 44.4. The van der Waals surface area contributed by atoms with Gasteiger partial charge in [-0.05, 0) is 59.6 Å². The third-order valence-electron chi connectivity index (χ3n) is 8.27. The number of benzene rings is 2. The topological polar surface area (TPSA) is 89.9 Å². The summed E-state index contributed by atoms with van der Waals surface area (Å²) in [5.74, 6) is -1.82. The van der Waals surface area contributed by atoms with Gasteiger partial charge in [0.25, 0.3) is 5.91 Å². The van der Waals surface area contributed by atoms with Gasteiger partial charge in [-0.1, -0.05) is 71.0 Å². The molecule has 0 unspecified atom stereocenters. The number of aliphatic hydroxyl groups excluding tert-OH is 1. The Morgan fingerprint density at radius 1 is 1.14 bits per heavy atom. The number of allylic oxidation sites excluding steroid dienone is 1. The molecule has 2 heterocycles. The number of alkyl halides is 1. The number of hydrogen-bond donors (Lipinski definition) is 3. The van der Waals surface area contributed by atoms with Gasteiger partial charge in [0.2, 0.25) is 11.8 Å². The van der Waals surface area contributed by atoms with Gasteiger partial charge in [-0.25, -0.2) is 4.39 Å². The number of rotatable bonds is 7. The number of β-amino-alcohol motifs (C(OH)–C–C–N with tert-alkyl or cyclic N) is 1. The minimum Gasteiger partial charge on any atom is -0.388 e. The molecule has 0 spiro atoms. The number of hydrogen-bond acceptors (Lipinski definition) is 5. The maximum Gasteiger partial charge on any atom is 0.255 e. The second kappa shape index (κ2) is 12.2. The summed E-state index contributed by atoms with van der Waals surface area (Å²) in [5, 5.41) is 13.4. The molecule has 0 radical (unpaired) electrons. The molecule has 3 amide bonds. The number of halogens is 1. The first-order chi connectivity index (χ1) is 19.7. The van der Waals surface area contributed by atoms with Gasteiger partial charge in [0, 0.05) is 17.0 Å². The van der Waals surface area contributed by atoms with Gasteiger partial charge in [0.05, 0.1) is 12.6 Å². The molecule has 1 fully saturated rings. The minimum atomic E-state index is -1.97. The molecule has 9 heteroatoms. The van der Waals surface area contributed by atoms with E-state index in [1.54, 1.807) is 12.1 Å². The maximum atomic E-state index is 15.5. The van der Waals surface area contributed by atoms with E-state index in [1.165, 1.54) is 4.90 Å². The molecule has 0 aliphatic carbocycles. The Labute approximate surface area is 253 Å². The minimum absolute atomic E-state index is 0.250. The van der Waals surface area contributed by atoms with E-state index >= 15 is 4.39 Å². The van der Waals surface area contributed by atoms with Crippen molar-refractivity contribution >= 4 is 35.3 Å². The van der Waals surface area contributed by atoms with Crippen LogP contribution in [-0.2, 0) is 21.5 Å². The summed E-state index contributed by atoms with van der Waals surface area (Å²) >= 11 is 4.56. The van der Waals surface area contributed by atoms with Crippen LogP contribution in [0.4, 0.5) is 4.39 Å². The fourth-order valence-corrected chi connectivity index (χ4v) is 6.19. The van der Waals surface area contributed by atoms with E-state index in [9.17, 15) is 19.5 Å². The number of likely N-dealkylation sites (tertiary alicyclic amines) is 1. The normalized spacial score (nSPS) is 22.4. The molecule has 2 N–H and O–H groups in total. The highest BCUT2D eigenvalue weighted by atomic mass is 32.1. The molecule has 1 saturated heterocycles. The number of carbonyl (C=O) groups is 3. The van der Waals surface area contributed by atoms with Crippen molar-refractivity contribution in [2.45, 2.75) is 90.8 Å². The Hall–Kier alpha value is -3.17. The van der Waals surface area contributed by atoms with Gasteiger partial charge in [-0.2, -0.15) is 0 Å². The van der Waals surface area contributed by atoms with Gasteiger partial charge in [0.15, 0.2) is 6.17 Å². The molecule has 226 valence electrons. The molecule has 0 bridgehead atoms. The number of nitrogens with one attached hydrogen (secondary N) is 1. The molecule has 5 atom stereocenters. The van der Waals surface area contributed by atoms with Crippen LogP contribution >= 0.6 is 12.6 Å². The van der Waals surface area contributed by atoms with E-state index < -0.39 is 42.2 Å². The maximum absolute atomic E-state index is 15.5. The van der Waals surface area contributed by atoms with Gasteiger partial charge in [-0.3, -0.25) is 14.4 Å². The van der Waals surface area contributed by atoms with Crippen LogP contribution in [0.5, 0.6) is 0 Å². The summed E-state index contributed by atoms with van der Waals surface area (Å²) in [6, 6.07) is 10.1. The van der Waals surface area contributed by atoms with Gasteiger partial charge in [0.1, 0.15) is 18.2 Å². The average Bonchev–Trinajstić information content (AvgIpc) is 3.42. The van der Waals surface area contributed by atoms with E-state index in [-0.39, 0.29) is 30.3 Å². The summed E-state index contributed by atoms with van der Waals surface area (Å²) in [5.41, 5.74) is 3.91. The SMILES string of the molecule is C/C=C(/S)c1ccc([C@H](C)NC(=O)[C@@H]2[C@@H](F)[C@@H](O)CN2C(=O)[C@H](C(C)C)N2Cc3ccccc3C2=O)c(C(C)(C)C)c1. The van der Waals surface area contributed by atoms with Crippen molar-refractivity contribution in [2.24, 2.45) is 5.92 Å². The average molecular weight is 596 g/mol. The Morgan fingerprint density at radius 2 is 1.81 bits per heavy atom. The predicted molar refractivity (Wildman–Crippen MR) is 166 cm³/mol. The summed E-state index contributed by atoms with van der Waals surface area (Å²) < 4.78 is 15.5. The van der Waals surface area contributed by atoms with Crippen molar-refractivity contribution in [3.8, 4) is 0 Å². The summed E-state index contributed by atoms with van der Waals surface area (Å²) in [6.07, 6.45) is -1.57. The molecule has 7 nitrogen and oxygen atoms in total. The molecule has 2 aliphatic rings. The molecule has 4 rings (SSSR count). The highest BCUT2D eigenvalue weighted by molar-refractivity contribution is 7.90. The lowest BCUT2D eigenvalue weighted by atomic mass is 9.81. The number of aliphatic hydroxyl groups is 1. The van der Waals surface area contributed by atoms with E-state index in [1.807, 2.05) is 64.1 Å². The molecular formula is C33H42FN3O4S. The molecule has 0 aromatic heterocycles. The third-order valence-corrected chi connectivity index (χ3v) is 8.78. The smallest absolute Gasteiger partial charge is 0.255 e. The number of carbonyl (C=O) groups excluding carboxylic acids is 3. The lowest BCUT2D eigenvalue weighted by molar-refractivity contribution is -0.144. The van der Waals surface area contributed by atoms with Gasteiger partial charge in [-0.15, -0.1) is 12.6 Å². The van der Waals surface area contributed by atoms with Crippen molar-refractivity contribution in [3.63, 3.8) is 0 Å². The van der Waals surface area contributed by atoms with E-state index in [4.69, 9.17) is 0 Å². The predicted octanol–water partition coefficient (Wildman–Crippen LogP) is 5.04. The second-order valence-electron chi connectivity index (χ2n) is 12.7. The second-order valence-corrected chi connectivity index (χ2v) is 13.2. The highest BCUT2D eigenvalue weighted by Crippen LogP contribution is 2.34. The van der Waals surface area contributed by atoms with E-state index in [2.05, 4.69) is 38.7 Å². The largest absolute Gasteiger partial charge is 0.388 e. The van der Waals surface area contributed by atoms with Crippen LogP contribution in [0, 0.1) is 5.92 Å². The van der Waals surface area contributed by atoms with Crippen molar-refractivity contribution in [2.75, 3.05) is 6.54 Å². The Kier molecular flexibility index (Phi) is 9.23. The lowest BCUT2D eigenvalue weighted by Gasteiger charge is -2.35. The van der Waals surface area contributed by atoms with Crippen LogP contribution in [0.1, 0.15) is 87.1 Å².